The van der Waals surface area contributed by atoms with E-state index >= 15 is 0 Å². The third-order valence-electron chi connectivity index (χ3n) is 5.66. The van der Waals surface area contributed by atoms with Crippen molar-refractivity contribution in [1.29, 1.82) is 0 Å². The Morgan fingerprint density at radius 1 is 1.26 bits per heavy atom. The molecule has 1 saturated heterocycles. The molecule has 5 heteroatoms. The van der Waals surface area contributed by atoms with Gasteiger partial charge in [-0.2, -0.15) is 0 Å². The zero-order valence-corrected chi connectivity index (χ0v) is 15.7. The van der Waals surface area contributed by atoms with E-state index in [1.54, 1.807) is 7.11 Å². The maximum absolute atomic E-state index is 12.4. The number of ether oxygens (including phenoxy) is 2. The molecule has 1 saturated carbocycles. The van der Waals surface area contributed by atoms with E-state index < -0.39 is 0 Å². The monoisotopic (exact) mass is 326 g/mol. The van der Waals surface area contributed by atoms with Crippen molar-refractivity contribution in [2.24, 2.45) is 16.7 Å². The molecule has 2 amide bonds. The van der Waals surface area contributed by atoms with E-state index in [0.29, 0.717) is 12.5 Å². The van der Waals surface area contributed by atoms with Crippen molar-refractivity contribution in [1.82, 2.24) is 10.6 Å². The summed E-state index contributed by atoms with van der Waals surface area (Å²) in [6, 6.07) is 0.263. The maximum Gasteiger partial charge on any atom is 0.315 e. The minimum Gasteiger partial charge on any atom is -0.380 e. The van der Waals surface area contributed by atoms with Crippen LogP contribution in [-0.2, 0) is 9.47 Å². The Morgan fingerprint density at radius 3 is 2.43 bits per heavy atom. The minimum atomic E-state index is -0.0657. The fraction of sp³-hybridized carbons (Fsp3) is 0.944. The molecule has 1 aliphatic carbocycles. The largest absolute Gasteiger partial charge is 0.380 e. The number of hydrogen-bond acceptors (Lipinski definition) is 3. The van der Waals surface area contributed by atoms with Gasteiger partial charge in [-0.15, -0.1) is 0 Å². The molecule has 2 rings (SSSR count). The van der Waals surface area contributed by atoms with Gasteiger partial charge >= 0.3 is 6.03 Å². The summed E-state index contributed by atoms with van der Waals surface area (Å²) in [5.74, 6) is 0.331. The number of urea groups is 1. The highest BCUT2D eigenvalue weighted by Gasteiger charge is 2.55. The summed E-state index contributed by atoms with van der Waals surface area (Å²) in [7, 11) is 1.74. The topological polar surface area (TPSA) is 59.6 Å². The zero-order valence-electron chi connectivity index (χ0n) is 15.7. The summed E-state index contributed by atoms with van der Waals surface area (Å²) in [6.45, 7) is 13.7. The molecule has 0 radical (unpaired) electrons. The summed E-state index contributed by atoms with van der Waals surface area (Å²) in [5.41, 5.74) is 0.0715. The first kappa shape index (κ1) is 18.5. The van der Waals surface area contributed by atoms with Crippen LogP contribution in [0.5, 0.6) is 0 Å². The third kappa shape index (κ3) is 3.82. The lowest BCUT2D eigenvalue weighted by molar-refractivity contribution is -0.141. The fourth-order valence-electron chi connectivity index (χ4n) is 4.32. The van der Waals surface area contributed by atoms with Gasteiger partial charge in [0.05, 0.1) is 12.2 Å². The number of carbonyl (C=O) groups excluding carboxylic acids is 1. The lowest BCUT2D eigenvalue weighted by Crippen LogP contribution is -2.69. The lowest BCUT2D eigenvalue weighted by Gasteiger charge is -2.56. The van der Waals surface area contributed by atoms with Crippen molar-refractivity contribution in [3.8, 4) is 0 Å². The number of hydrogen-bond donors (Lipinski definition) is 2. The molecule has 0 spiro atoms. The Labute approximate surface area is 140 Å². The van der Waals surface area contributed by atoms with E-state index in [0.717, 1.165) is 12.8 Å². The van der Waals surface area contributed by atoms with Crippen molar-refractivity contribution in [3.63, 3.8) is 0 Å². The van der Waals surface area contributed by atoms with Gasteiger partial charge in [0.15, 0.2) is 0 Å². The first-order valence-electron chi connectivity index (χ1n) is 8.78. The van der Waals surface area contributed by atoms with Crippen molar-refractivity contribution < 1.29 is 14.3 Å². The molecule has 23 heavy (non-hydrogen) atoms. The van der Waals surface area contributed by atoms with Gasteiger partial charge in [-0.3, -0.25) is 0 Å². The molecule has 2 aliphatic rings. The summed E-state index contributed by atoms with van der Waals surface area (Å²) >= 11 is 0. The van der Waals surface area contributed by atoms with Crippen molar-refractivity contribution in [2.75, 3.05) is 13.7 Å². The molecule has 0 aromatic rings. The highest BCUT2D eigenvalue weighted by atomic mass is 16.5. The quantitative estimate of drug-likeness (QED) is 0.838. The van der Waals surface area contributed by atoms with Crippen LogP contribution in [0.15, 0.2) is 0 Å². The third-order valence-corrected chi connectivity index (χ3v) is 5.66. The predicted octanol–water partition coefficient (Wildman–Crippen LogP) is 2.94. The van der Waals surface area contributed by atoms with Gasteiger partial charge < -0.3 is 20.1 Å². The van der Waals surface area contributed by atoms with Crippen LogP contribution in [0.4, 0.5) is 4.79 Å². The summed E-state index contributed by atoms with van der Waals surface area (Å²) < 4.78 is 11.4. The zero-order chi connectivity index (χ0) is 17.4. The van der Waals surface area contributed by atoms with E-state index in [-0.39, 0.29) is 41.2 Å². The van der Waals surface area contributed by atoms with Gasteiger partial charge in [0.2, 0.25) is 0 Å². The summed E-state index contributed by atoms with van der Waals surface area (Å²) in [5, 5.41) is 6.29. The second-order valence-electron chi connectivity index (χ2n) is 8.88. The molecule has 5 nitrogen and oxygen atoms in total. The Morgan fingerprint density at radius 2 is 1.91 bits per heavy atom. The van der Waals surface area contributed by atoms with Gasteiger partial charge in [-0.1, -0.05) is 41.5 Å². The number of methoxy groups -OCH3 is 1. The smallest absolute Gasteiger partial charge is 0.315 e. The fourth-order valence-corrected chi connectivity index (χ4v) is 4.32. The Balaban J connectivity index is 1.86. The summed E-state index contributed by atoms with van der Waals surface area (Å²) in [4.78, 5) is 12.4. The molecule has 2 fully saturated rings. The standard InChI is InChI=1S/C18H34N2O3/c1-11-14(18(5,6)15(11)22-7)20-16(21)19-12-8-9-23-13(10-12)17(2,3)4/h11-15H,8-10H2,1-7H3,(H2,19,20,21). The molecule has 134 valence electrons. The molecule has 0 bridgehead atoms. The van der Waals surface area contributed by atoms with Crippen LogP contribution in [0.25, 0.3) is 0 Å². The molecule has 0 aromatic heterocycles. The van der Waals surface area contributed by atoms with Crippen LogP contribution < -0.4 is 10.6 Å². The van der Waals surface area contributed by atoms with Gasteiger partial charge in [-0.05, 0) is 18.3 Å². The van der Waals surface area contributed by atoms with Crippen molar-refractivity contribution in [3.05, 3.63) is 0 Å². The van der Waals surface area contributed by atoms with Crippen LogP contribution in [0.1, 0.15) is 54.4 Å². The molecule has 5 unspecified atom stereocenters. The van der Waals surface area contributed by atoms with Crippen LogP contribution >= 0.6 is 0 Å². The Bertz CT molecular complexity index is 430. The molecule has 1 aliphatic heterocycles. The lowest BCUT2D eigenvalue weighted by atomic mass is 9.58. The highest BCUT2D eigenvalue weighted by molar-refractivity contribution is 5.75. The highest BCUT2D eigenvalue weighted by Crippen LogP contribution is 2.46. The number of amides is 2. The first-order valence-corrected chi connectivity index (χ1v) is 8.78. The number of nitrogens with one attached hydrogen (secondary N) is 2. The van der Waals surface area contributed by atoms with E-state index in [1.165, 1.54) is 0 Å². The molecule has 5 atom stereocenters. The second kappa shape index (κ2) is 6.60. The van der Waals surface area contributed by atoms with Crippen molar-refractivity contribution >= 4 is 6.03 Å². The molecule has 2 N–H and O–H groups in total. The van der Waals surface area contributed by atoms with E-state index in [9.17, 15) is 4.79 Å². The van der Waals surface area contributed by atoms with Crippen LogP contribution in [0.2, 0.25) is 0 Å². The average Bonchev–Trinajstić information content (AvgIpc) is 2.44. The van der Waals surface area contributed by atoms with Gasteiger partial charge in [-0.25, -0.2) is 4.79 Å². The normalized spacial score (nSPS) is 36.9. The van der Waals surface area contributed by atoms with Gasteiger partial charge in [0.25, 0.3) is 0 Å². The minimum absolute atomic E-state index is 0.0326. The van der Waals surface area contributed by atoms with Crippen LogP contribution in [-0.4, -0.2) is 44.0 Å². The average molecular weight is 326 g/mol. The number of carbonyl (C=O) groups is 1. The van der Waals surface area contributed by atoms with E-state index in [2.05, 4.69) is 52.2 Å². The van der Waals surface area contributed by atoms with E-state index in [4.69, 9.17) is 9.47 Å². The molecule has 0 aromatic carbocycles. The van der Waals surface area contributed by atoms with Gasteiger partial charge in [0, 0.05) is 37.1 Å². The van der Waals surface area contributed by atoms with Gasteiger partial charge in [0.1, 0.15) is 0 Å². The summed E-state index contributed by atoms with van der Waals surface area (Å²) in [6.07, 6.45) is 2.14. The maximum atomic E-state index is 12.4. The molecule has 1 heterocycles. The Kier molecular flexibility index (Phi) is 5.31. The molecular weight excluding hydrogens is 292 g/mol. The Hall–Kier alpha value is -0.810. The SMILES string of the molecule is COC1C(C)C(NC(=O)NC2CCOC(C(C)(C)C)C2)C1(C)C. The number of rotatable bonds is 3. The van der Waals surface area contributed by atoms with Crippen molar-refractivity contribution in [2.45, 2.75) is 78.7 Å². The second-order valence-corrected chi connectivity index (χ2v) is 8.88. The van der Waals surface area contributed by atoms with Crippen LogP contribution in [0, 0.1) is 16.7 Å². The molecular formula is C18H34N2O3. The first-order chi connectivity index (χ1) is 10.6. The predicted molar refractivity (Wildman–Crippen MR) is 91.4 cm³/mol. The van der Waals surface area contributed by atoms with E-state index in [1.807, 2.05) is 0 Å². The van der Waals surface area contributed by atoms with Crippen LogP contribution in [0.3, 0.4) is 0 Å².